The summed E-state index contributed by atoms with van der Waals surface area (Å²) in [6, 6.07) is 4.04. The lowest BCUT2D eigenvalue weighted by Crippen LogP contribution is -2.27. The summed E-state index contributed by atoms with van der Waals surface area (Å²) in [5, 5.41) is 9.00. The zero-order chi connectivity index (χ0) is 13.4. The molecule has 1 aliphatic rings. The Morgan fingerprint density at radius 2 is 1.83 bits per heavy atom. The predicted octanol–water partition coefficient (Wildman–Crippen LogP) is 2.05. The van der Waals surface area contributed by atoms with Crippen LogP contribution in [0.25, 0.3) is 0 Å². The summed E-state index contributed by atoms with van der Waals surface area (Å²) in [5.41, 5.74) is 4.06. The molecule has 96 valence electrons. The molecule has 0 spiro atoms. The molecule has 0 unspecified atom stereocenters. The van der Waals surface area contributed by atoms with Gasteiger partial charge >= 0.3 is 5.97 Å². The number of aliphatic carboxylic acids is 1. The Bertz CT molecular complexity index is 499. The SMILES string of the molecule is Cc1cc(C)c(N2C[C@@H](C(=O)O)CC2=O)c(C)c1. The van der Waals surface area contributed by atoms with E-state index in [9.17, 15) is 9.59 Å². The number of carboxylic acids is 1. The standard InChI is InChI=1S/C14H17NO3/c1-8-4-9(2)13(10(3)5-8)15-7-11(14(17)18)6-12(15)16/h4-5,11H,6-7H2,1-3H3,(H,17,18)/t11-/m0/s1. The maximum Gasteiger partial charge on any atom is 0.308 e. The van der Waals surface area contributed by atoms with Gasteiger partial charge in [0.05, 0.1) is 5.92 Å². The van der Waals surface area contributed by atoms with Crippen LogP contribution in [-0.2, 0) is 9.59 Å². The zero-order valence-electron chi connectivity index (χ0n) is 10.9. The summed E-state index contributed by atoms with van der Waals surface area (Å²) in [6.07, 6.45) is 0.0993. The van der Waals surface area contributed by atoms with Gasteiger partial charge in [-0.15, -0.1) is 0 Å². The fraction of sp³-hybridized carbons (Fsp3) is 0.429. The Hall–Kier alpha value is -1.84. The molecule has 1 heterocycles. The Labute approximate surface area is 106 Å². The largest absolute Gasteiger partial charge is 0.481 e. The maximum absolute atomic E-state index is 11.9. The monoisotopic (exact) mass is 247 g/mol. The van der Waals surface area contributed by atoms with Gasteiger partial charge in [0, 0.05) is 18.7 Å². The van der Waals surface area contributed by atoms with Crippen LogP contribution < -0.4 is 4.90 Å². The van der Waals surface area contributed by atoms with E-state index in [0.717, 1.165) is 22.4 Å². The maximum atomic E-state index is 11.9. The van der Waals surface area contributed by atoms with Gasteiger partial charge in [-0.05, 0) is 31.9 Å². The fourth-order valence-electron chi connectivity index (χ4n) is 2.69. The molecule has 4 nitrogen and oxygen atoms in total. The molecule has 1 atom stereocenters. The number of anilines is 1. The molecular weight excluding hydrogens is 230 g/mol. The summed E-state index contributed by atoms with van der Waals surface area (Å²) in [7, 11) is 0. The van der Waals surface area contributed by atoms with E-state index in [0.29, 0.717) is 0 Å². The second kappa shape index (κ2) is 4.44. The number of nitrogens with zero attached hydrogens (tertiary/aromatic N) is 1. The average molecular weight is 247 g/mol. The first kappa shape index (κ1) is 12.6. The fourth-order valence-corrected chi connectivity index (χ4v) is 2.69. The molecule has 0 aliphatic carbocycles. The number of hydrogen-bond acceptors (Lipinski definition) is 2. The minimum atomic E-state index is -0.895. The van der Waals surface area contributed by atoms with Crippen molar-refractivity contribution in [1.82, 2.24) is 0 Å². The first-order valence-electron chi connectivity index (χ1n) is 6.01. The molecule has 2 rings (SSSR count). The van der Waals surface area contributed by atoms with Crippen LogP contribution in [-0.4, -0.2) is 23.5 Å². The van der Waals surface area contributed by atoms with Gasteiger partial charge in [0.25, 0.3) is 0 Å². The van der Waals surface area contributed by atoms with Crippen molar-refractivity contribution in [3.05, 3.63) is 28.8 Å². The molecule has 1 aromatic carbocycles. The molecule has 0 radical (unpaired) electrons. The van der Waals surface area contributed by atoms with Crippen molar-refractivity contribution in [2.24, 2.45) is 5.92 Å². The number of aryl methyl sites for hydroxylation is 3. The van der Waals surface area contributed by atoms with Crippen LogP contribution in [0.1, 0.15) is 23.1 Å². The summed E-state index contributed by atoms with van der Waals surface area (Å²) in [4.78, 5) is 24.5. The number of carbonyl (C=O) groups is 2. The van der Waals surface area contributed by atoms with Crippen molar-refractivity contribution in [2.45, 2.75) is 27.2 Å². The van der Waals surface area contributed by atoms with Gasteiger partial charge < -0.3 is 10.0 Å². The molecule has 1 aliphatic heterocycles. The van der Waals surface area contributed by atoms with Gasteiger partial charge in [0.1, 0.15) is 0 Å². The van der Waals surface area contributed by atoms with E-state index >= 15 is 0 Å². The number of rotatable bonds is 2. The van der Waals surface area contributed by atoms with Crippen molar-refractivity contribution >= 4 is 17.6 Å². The highest BCUT2D eigenvalue weighted by Crippen LogP contribution is 2.31. The Morgan fingerprint density at radius 3 is 2.28 bits per heavy atom. The van der Waals surface area contributed by atoms with E-state index in [1.165, 1.54) is 0 Å². The van der Waals surface area contributed by atoms with E-state index < -0.39 is 11.9 Å². The van der Waals surface area contributed by atoms with Crippen LogP contribution in [0.3, 0.4) is 0 Å². The Morgan fingerprint density at radius 1 is 1.28 bits per heavy atom. The van der Waals surface area contributed by atoms with Crippen LogP contribution in [0.5, 0.6) is 0 Å². The van der Waals surface area contributed by atoms with Crippen LogP contribution in [0.4, 0.5) is 5.69 Å². The van der Waals surface area contributed by atoms with Crippen LogP contribution >= 0.6 is 0 Å². The number of benzene rings is 1. The van der Waals surface area contributed by atoms with Gasteiger partial charge in [-0.3, -0.25) is 9.59 Å². The van der Waals surface area contributed by atoms with Crippen LogP contribution in [0, 0.1) is 26.7 Å². The molecule has 1 fully saturated rings. The molecular formula is C14H17NO3. The zero-order valence-corrected chi connectivity index (χ0v) is 10.9. The van der Waals surface area contributed by atoms with E-state index in [4.69, 9.17) is 5.11 Å². The Kier molecular flexibility index (Phi) is 3.11. The van der Waals surface area contributed by atoms with Crippen molar-refractivity contribution in [2.75, 3.05) is 11.4 Å². The third-order valence-corrected chi connectivity index (χ3v) is 3.38. The smallest absolute Gasteiger partial charge is 0.308 e. The normalized spacial score (nSPS) is 19.4. The van der Waals surface area contributed by atoms with Crippen molar-refractivity contribution in [3.63, 3.8) is 0 Å². The van der Waals surface area contributed by atoms with E-state index in [1.807, 2.05) is 32.9 Å². The molecule has 1 saturated heterocycles. The molecule has 1 amide bonds. The number of carboxylic acid groups (broad SMARTS) is 1. The number of carbonyl (C=O) groups excluding carboxylic acids is 1. The Balaban J connectivity index is 2.39. The summed E-state index contributed by atoms with van der Waals surface area (Å²) in [6.45, 7) is 6.20. The average Bonchev–Trinajstić information content (AvgIpc) is 2.59. The van der Waals surface area contributed by atoms with Crippen molar-refractivity contribution < 1.29 is 14.7 Å². The first-order chi connectivity index (χ1) is 8.40. The van der Waals surface area contributed by atoms with Gasteiger partial charge in [0.2, 0.25) is 5.91 Å². The number of amides is 1. The highest BCUT2D eigenvalue weighted by molar-refractivity contribution is 6.00. The van der Waals surface area contributed by atoms with Crippen LogP contribution in [0.15, 0.2) is 12.1 Å². The third kappa shape index (κ3) is 2.10. The lowest BCUT2D eigenvalue weighted by atomic mass is 10.0. The molecule has 0 saturated carbocycles. The van der Waals surface area contributed by atoms with E-state index in [-0.39, 0.29) is 18.9 Å². The van der Waals surface area contributed by atoms with Gasteiger partial charge in [0.15, 0.2) is 0 Å². The molecule has 0 aromatic heterocycles. The molecule has 1 N–H and O–H groups in total. The highest BCUT2D eigenvalue weighted by atomic mass is 16.4. The van der Waals surface area contributed by atoms with Crippen LogP contribution in [0.2, 0.25) is 0 Å². The molecule has 1 aromatic rings. The number of hydrogen-bond donors (Lipinski definition) is 1. The van der Waals surface area contributed by atoms with Gasteiger partial charge in [-0.2, -0.15) is 0 Å². The summed E-state index contributed by atoms with van der Waals surface area (Å²) in [5.74, 6) is -1.58. The molecule has 0 bridgehead atoms. The van der Waals surface area contributed by atoms with E-state index in [2.05, 4.69) is 0 Å². The van der Waals surface area contributed by atoms with Crippen molar-refractivity contribution in [1.29, 1.82) is 0 Å². The quantitative estimate of drug-likeness (QED) is 0.870. The van der Waals surface area contributed by atoms with E-state index in [1.54, 1.807) is 4.90 Å². The summed E-state index contributed by atoms with van der Waals surface area (Å²) < 4.78 is 0. The second-order valence-electron chi connectivity index (χ2n) is 4.99. The van der Waals surface area contributed by atoms with Crippen molar-refractivity contribution in [3.8, 4) is 0 Å². The first-order valence-corrected chi connectivity index (χ1v) is 6.01. The third-order valence-electron chi connectivity index (χ3n) is 3.38. The topological polar surface area (TPSA) is 57.6 Å². The molecule has 4 heteroatoms. The lowest BCUT2D eigenvalue weighted by molar-refractivity contribution is -0.141. The predicted molar refractivity (Wildman–Crippen MR) is 68.7 cm³/mol. The minimum Gasteiger partial charge on any atom is -0.481 e. The second-order valence-corrected chi connectivity index (χ2v) is 4.99. The summed E-state index contributed by atoms with van der Waals surface area (Å²) >= 11 is 0. The lowest BCUT2D eigenvalue weighted by Gasteiger charge is -2.21. The highest BCUT2D eigenvalue weighted by Gasteiger charge is 2.36. The van der Waals surface area contributed by atoms with Gasteiger partial charge in [-0.25, -0.2) is 0 Å². The van der Waals surface area contributed by atoms with Gasteiger partial charge in [-0.1, -0.05) is 17.7 Å². The molecule has 18 heavy (non-hydrogen) atoms. The minimum absolute atomic E-state index is 0.0993.